The zero-order chi connectivity index (χ0) is 25.3. The van der Waals surface area contributed by atoms with Gasteiger partial charge in [0.25, 0.3) is 0 Å². The third-order valence-corrected chi connectivity index (χ3v) is 6.47. The number of hydrogen-bond donors (Lipinski definition) is 0. The molecule has 1 aromatic carbocycles. The first kappa shape index (κ1) is 24.3. The maximum Gasteiger partial charge on any atom is 0.343 e. The Balaban J connectivity index is 1.52. The number of anilines is 1. The van der Waals surface area contributed by atoms with Gasteiger partial charge in [0, 0.05) is 57.8 Å². The van der Waals surface area contributed by atoms with Crippen LogP contribution in [0.3, 0.4) is 0 Å². The van der Waals surface area contributed by atoms with Crippen LogP contribution in [-0.2, 0) is 17.8 Å². The summed E-state index contributed by atoms with van der Waals surface area (Å²) in [6, 6.07) is 2.85. The lowest BCUT2D eigenvalue weighted by Crippen LogP contribution is -2.47. The molecular weight excluding hydrogens is 459 g/mol. The Hall–Kier alpha value is -3.80. The predicted molar refractivity (Wildman–Crippen MR) is 127 cm³/mol. The van der Waals surface area contributed by atoms with E-state index in [1.165, 1.54) is 25.6 Å². The van der Waals surface area contributed by atoms with Crippen molar-refractivity contribution < 1.29 is 18.8 Å². The van der Waals surface area contributed by atoms with Crippen LogP contribution >= 0.6 is 0 Å². The number of rotatable bonds is 7. The summed E-state index contributed by atoms with van der Waals surface area (Å²) >= 11 is 0. The van der Waals surface area contributed by atoms with Crippen molar-refractivity contribution in [2.24, 2.45) is 0 Å². The maximum atomic E-state index is 15.1. The van der Waals surface area contributed by atoms with Crippen molar-refractivity contribution in [2.45, 2.75) is 26.9 Å². The molecule has 0 radical (unpaired) electrons. The van der Waals surface area contributed by atoms with E-state index in [2.05, 4.69) is 9.88 Å². The van der Waals surface area contributed by atoms with Gasteiger partial charge in [0.2, 0.25) is 5.43 Å². The first-order valence-electron chi connectivity index (χ1n) is 11.3. The van der Waals surface area contributed by atoms with E-state index in [9.17, 15) is 19.7 Å². The van der Waals surface area contributed by atoms with E-state index >= 15 is 4.39 Å². The molecule has 0 N–H and O–H groups in total. The third-order valence-electron chi connectivity index (χ3n) is 6.47. The van der Waals surface area contributed by atoms with Crippen molar-refractivity contribution in [3.05, 3.63) is 62.1 Å². The largest absolute Gasteiger partial charge is 0.465 e. The molecule has 0 spiro atoms. The molecular formula is C23H27FN6O5. The van der Waals surface area contributed by atoms with E-state index in [1.54, 1.807) is 22.1 Å². The van der Waals surface area contributed by atoms with Crippen molar-refractivity contribution in [3.8, 4) is 0 Å². The fourth-order valence-corrected chi connectivity index (χ4v) is 4.49. The lowest BCUT2D eigenvalue weighted by atomic mass is 10.1. The number of benzene rings is 1. The highest BCUT2D eigenvalue weighted by Gasteiger charge is 2.24. The van der Waals surface area contributed by atoms with Crippen molar-refractivity contribution in [1.82, 2.24) is 19.0 Å². The highest BCUT2D eigenvalue weighted by atomic mass is 19.1. The molecule has 0 aliphatic carbocycles. The van der Waals surface area contributed by atoms with Crippen LogP contribution in [0.4, 0.5) is 15.9 Å². The zero-order valence-corrected chi connectivity index (χ0v) is 19.9. The van der Waals surface area contributed by atoms with Crippen LogP contribution in [0.25, 0.3) is 10.9 Å². The fraction of sp³-hybridized carbons (Fsp3) is 0.435. The number of carbonyl (C=O) groups excluding carboxylic acids is 1. The standard InChI is InChI=1S/C23H27FN6O5/c1-4-27-14-17(23(32)35-3)22(31)16-11-18(24)20(12-19(16)27)28-8-5-26(6-9-28)7-10-29-15(2)25-13-21(29)30(33)34/h11-14H,4-10H2,1-3H3. The van der Waals surface area contributed by atoms with E-state index in [1.807, 2.05) is 11.8 Å². The lowest BCUT2D eigenvalue weighted by molar-refractivity contribution is -0.392. The normalized spacial score (nSPS) is 14.5. The minimum absolute atomic E-state index is 0.0308. The van der Waals surface area contributed by atoms with Gasteiger partial charge in [-0.2, -0.15) is 0 Å². The summed E-state index contributed by atoms with van der Waals surface area (Å²) in [6.45, 7) is 7.57. The van der Waals surface area contributed by atoms with E-state index in [0.717, 1.165) is 0 Å². The highest BCUT2D eigenvalue weighted by molar-refractivity contribution is 5.94. The van der Waals surface area contributed by atoms with Crippen molar-refractivity contribution in [3.63, 3.8) is 0 Å². The summed E-state index contributed by atoms with van der Waals surface area (Å²) in [5, 5.41) is 11.3. The van der Waals surface area contributed by atoms with E-state index < -0.39 is 22.1 Å². The number of halogens is 1. The minimum atomic E-state index is -0.754. The molecule has 35 heavy (non-hydrogen) atoms. The lowest BCUT2D eigenvalue weighted by Gasteiger charge is -2.36. The number of methoxy groups -OCH3 is 1. The molecule has 3 aromatic rings. The first-order chi connectivity index (χ1) is 16.7. The van der Waals surface area contributed by atoms with Crippen LogP contribution in [0.5, 0.6) is 0 Å². The molecule has 0 unspecified atom stereocenters. The number of carbonyl (C=O) groups is 1. The number of aromatic nitrogens is 3. The van der Waals surface area contributed by atoms with Gasteiger partial charge in [-0.25, -0.2) is 18.7 Å². The van der Waals surface area contributed by atoms with Gasteiger partial charge in [-0.05, 0) is 24.0 Å². The Labute approximate surface area is 200 Å². The molecule has 11 nitrogen and oxygen atoms in total. The van der Waals surface area contributed by atoms with Gasteiger partial charge in [-0.15, -0.1) is 0 Å². The molecule has 1 aliphatic heterocycles. The number of nitrogens with zero attached hydrogens (tertiary/aromatic N) is 6. The van der Waals surface area contributed by atoms with Crippen molar-refractivity contribution in [2.75, 3.05) is 44.7 Å². The van der Waals surface area contributed by atoms with Crippen LogP contribution < -0.4 is 10.3 Å². The quantitative estimate of drug-likeness (QED) is 0.284. The van der Waals surface area contributed by atoms with Gasteiger partial charge in [-0.1, -0.05) is 0 Å². The second-order valence-electron chi connectivity index (χ2n) is 8.37. The number of hydrogen-bond acceptors (Lipinski definition) is 8. The van der Waals surface area contributed by atoms with Gasteiger partial charge in [-0.3, -0.25) is 9.69 Å². The van der Waals surface area contributed by atoms with Crippen LogP contribution in [0.15, 0.2) is 29.3 Å². The number of ether oxygens (including phenoxy) is 1. The van der Waals surface area contributed by atoms with Gasteiger partial charge in [0.15, 0.2) is 5.82 Å². The Morgan fingerprint density at radius 3 is 2.57 bits per heavy atom. The molecule has 4 rings (SSSR count). The van der Waals surface area contributed by atoms with Gasteiger partial charge in [0.1, 0.15) is 24.1 Å². The molecule has 0 bridgehead atoms. The number of esters is 1. The second kappa shape index (κ2) is 9.82. The molecule has 1 fully saturated rings. The summed E-state index contributed by atoms with van der Waals surface area (Å²) in [7, 11) is 1.20. The predicted octanol–water partition coefficient (Wildman–Crippen LogP) is 2.18. The topological polar surface area (TPSA) is 116 Å². The smallest absolute Gasteiger partial charge is 0.343 e. The Kier molecular flexibility index (Phi) is 6.83. The molecule has 186 valence electrons. The van der Waals surface area contributed by atoms with Crippen molar-refractivity contribution in [1.29, 1.82) is 0 Å². The van der Waals surface area contributed by atoms with Crippen molar-refractivity contribution >= 4 is 28.4 Å². The van der Waals surface area contributed by atoms with E-state index in [-0.39, 0.29) is 16.8 Å². The number of imidazole rings is 1. The number of aryl methyl sites for hydroxylation is 2. The molecule has 2 aromatic heterocycles. The summed E-state index contributed by atoms with van der Waals surface area (Å²) in [5.74, 6) is -0.726. The molecule has 3 heterocycles. The molecule has 0 atom stereocenters. The monoisotopic (exact) mass is 486 g/mol. The van der Waals surface area contributed by atoms with Gasteiger partial charge >= 0.3 is 11.8 Å². The second-order valence-corrected chi connectivity index (χ2v) is 8.37. The average molecular weight is 487 g/mol. The van der Waals surface area contributed by atoms with Crippen LogP contribution in [0.1, 0.15) is 23.1 Å². The Morgan fingerprint density at radius 2 is 1.94 bits per heavy atom. The molecule has 1 saturated heterocycles. The number of pyridine rings is 1. The number of fused-ring (bicyclic) bond motifs is 1. The van der Waals surface area contributed by atoms with Crippen LogP contribution in [-0.4, -0.2) is 69.7 Å². The van der Waals surface area contributed by atoms with E-state index in [0.29, 0.717) is 62.8 Å². The fourth-order valence-electron chi connectivity index (χ4n) is 4.49. The Bertz CT molecular complexity index is 1340. The third kappa shape index (κ3) is 4.61. The molecule has 0 saturated carbocycles. The van der Waals surface area contributed by atoms with Crippen LogP contribution in [0.2, 0.25) is 0 Å². The average Bonchev–Trinajstić information content (AvgIpc) is 3.23. The Morgan fingerprint density at radius 1 is 1.23 bits per heavy atom. The zero-order valence-electron chi connectivity index (χ0n) is 19.9. The highest BCUT2D eigenvalue weighted by Crippen LogP contribution is 2.26. The first-order valence-corrected chi connectivity index (χ1v) is 11.3. The summed E-state index contributed by atoms with van der Waals surface area (Å²) in [6.07, 6.45) is 2.72. The molecule has 1 aliphatic rings. The number of nitro groups is 1. The molecule has 12 heteroatoms. The molecule has 0 amide bonds. The summed E-state index contributed by atoms with van der Waals surface area (Å²) in [5.41, 5.74) is 0.254. The minimum Gasteiger partial charge on any atom is -0.465 e. The van der Waals surface area contributed by atoms with Gasteiger partial charge < -0.3 is 24.3 Å². The number of piperazine rings is 1. The van der Waals surface area contributed by atoms with Gasteiger partial charge in [0.05, 0.1) is 18.3 Å². The van der Waals surface area contributed by atoms with E-state index in [4.69, 9.17) is 4.74 Å². The maximum absolute atomic E-state index is 15.1. The van der Waals surface area contributed by atoms with Crippen LogP contribution in [0, 0.1) is 22.9 Å². The SMILES string of the molecule is CCn1cc(C(=O)OC)c(=O)c2cc(F)c(N3CCN(CCn4c([N+](=O)[O-])cnc4C)CC3)cc21. The summed E-state index contributed by atoms with van der Waals surface area (Å²) in [4.78, 5) is 43.7. The summed E-state index contributed by atoms with van der Waals surface area (Å²) < 4.78 is 23.2.